The first-order valence-electron chi connectivity index (χ1n) is 20.9. The Kier molecular flexibility index (Phi) is 5.60. The van der Waals surface area contributed by atoms with Gasteiger partial charge in [0.2, 0.25) is 0 Å². The van der Waals surface area contributed by atoms with Crippen LogP contribution in [0.15, 0.2) is 182 Å². The molecule has 2 aliphatic rings. The third-order valence-corrected chi connectivity index (χ3v) is 14.2. The van der Waals surface area contributed by atoms with E-state index >= 15 is 0 Å². The van der Waals surface area contributed by atoms with Crippen molar-refractivity contribution in [1.29, 1.82) is 0 Å². The normalized spacial score (nSPS) is 13.0. The van der Waals surface area contributed by atoms with Gasteiger partial charge in [0, 0.05) is 16.5 Å². The third-order valence-electron chi connectivity index (χ3n) is 14.2. The van der Waals surface area contributed by atoms with E-state index in [2.05, 4.69) is 164 Å². The number of carbonyl (C=O) groups excluding carboxylic acids is 1. The first-order chi connectivity index (χ1) is 29.7. The van der Waals surface area contributed by atoms with Crippen molar-refractivity contribution in [1.82, 2.24) is 0 Å². The van der Waals surface area contributed by atoms with Crippen molar-refractivity contribution in [3.8, 4) is 55.6 Å². The molecule has 0 unspecified atom stereocenters. The average Bonchev–Trinajstić information content (AvgIpc) is 3.64. The number of benzene rings is 13. The predicted octanol–water partition coefficient (Wildman–Crippen LogP) is 16.0. The molecule has 0 atom stereocenters. The van der Waals surface area contributed by atoms with E-state index in [0.29, 0.717) is 0 Å². The molecule has 0 spiro atoms. The van der Waals surface area contributed by atoms with Crippen molar-refractivity contribution in [3.63, 3.8) is 0 Å². The Balaban J connectivity index is 1.09. The Morgan fingerprint density at radius 2 is 0.533 bits per heavy atom. The van der Waals surface area contributed by atoms with Gasteiger partial charge in [-0.05, 0) is 142 Å². The van der Waals surface area contributed by atoms with Crippen LogP contribution in [0, 0.1) is 0 Å². The van der Waals surface area contributed by atoms with Gasteiger partial charge < -0.3 is 0 Å². The van der Waals surface area contributed by atoms with E-state index in [9.17, 15) is 4.79 Å². The van der Waals surface area contributed by atoms with Gasteiger partial charge in [-0.15, -0.1) is 0 Å². The molecular formula is C59H30O. The molecule has 0 N–H and O–H groups in total. The van der Waals surface area contributed by atoms with Crippen molar-refractivity contribution in [2.75, 3.05) is 0 Å². The lowest BCUT2D eigenvalue weighted by Crippen LogP contribution is -2.10. The summed E-state index contributed by atoms with van der Waals surface area (Å²) in [6.45, 7) is 0. The Hall–Kier alpha value is -7.87. The number of hydrogen-bond donors (Lipinski definition) is 0. The topological polar surface area (TPSA) is 17.1 Å². The summed E-state index contributed by atoms with van der Waals surface area (Å²) in [6.07, 6.45) is 0. The molecule has 1 heteroatoms. The number of ketones is 1. The molecule has 13 aromatic carbocycles. The van der Waals surface area contributed by atoms with Crippen molar-refractivity contribution in [2.45, 2.75) is 0 Å². The van der Waals surface area contributed by atoms with Gasteiger partial charge in [-0.3, -0.25) is 4.79 Å². The minimum absolute atomic E-state index is 0.112. The standard InChI is InChI=1S/C59H30O/c60-59-45-18-10-7-15-33(45)36-19-20-41-37-21-22-38-42-25-28-46-56-47(29-26-43(54(42)56)39-23-24-40(51(37)52(38)39)44-27-30-48(59)55(36)53(41)44)58-50(32-13-5-2-6-14-32)35-17-9-8-16-34(35)49(57(46)58)31-11-3-1-4-12-31/h1-30H. The molecule has 0 aliphatic heterocycles. The molecule has 15 rings (SSSR count). The highest BCUT2D eigenvalue weighted by Gasteiger charge is 2.33. The van der Waals surface area contributed by atoms with Crippen LogP contribution in [0.5, 0.6) is 0 Å². The van der Waals surface area contributed by atoms with Crippen LogP contribution >= 0.6 is 0 Å². The van der Waals surface area contributed by atoms with E-state index in [-0.39, 0.29) is 5.78 Å². The Bertz CT molecular complexity index is 3910. The van der Waals surface area contributed by atoms with Gasteiger partial charge in [-0.25, -0.2) is 0 Å². The molecule has 0 bridgehead atoms. The highest BCUT2D eigenvalue weighted by atomic mass is 16.1. The molecule has 0 amide bonds. The van der Waals surface area contributed by atoms with Crippen LogP contribution in [-0.2, 0) is 0 Å². The van der Waals surface area contributed by atoms with Gasteiger partial charge in [0.25, 0.3) is 0 Å². The SMILES string of the molecule is O=C1c2ccccc2-c2ccc3c4ccc5c6ccc7c8c(ccc(c9ccc(c%10ccc1c2c%103)c4c95)c86)-c1c-7c(-c2ccccc2)c2ccccc2c1-c1ccccc1. The van der Waals surface area contributed by atoms with Crippen molar-refractivity contribution in [2.24, 2.45) is 0 Å². The van der Waals surface area contributed by atoms with E-state index in [1.807, 2.05) is 18.2 Å². The van der Waals surface area contributed by atoms with Gasteiger partial charge in [-0.1, -0.05) is 176 Å². The number of rotatable bonds is 2. The lowest BCUT2D eigenvalue weighted by molar-refractivity contribution is 0.104. The molecule has 13 aromatic rings. The maximum absolute atomic E-state index is 14.0. The fourth-order valence-corrected chi connectivity index (χ4v) is 12.0. The highest BCUT2D eigenvalue weighted by molar-refractivity contribution is 6.45. The largest absolute Gasteiger partial charge is 0.289 e. The van der Waals surface area contributed by atoms with Crippen LogP contribution < -0.4 is 0 Å². The first-order valence-corrected chi connectivity index (χ1v) is 20.9. The van der Waals surface area contributed by atoms with Crippen LogP contribution in [0.2, 0.25) is 0 Å². The van der Waals surface area contributed by atoms with E-state index in [1.54, 1.807) is 0 Å². The lowest BCUT2D eigenvalue weighted by Gasteiger charge is -2.24. The van der Waals surface area contributed by atoms with Gasteiger partial charge in [0.1, 0.15) is 0 Å². The zero-order valence-corrected chi connectivity index (χ0v) is 32.2. The second kappa shape index (κ2) is 10.8. The minimum Gasteiger partial charge on any atom is -0.289 e. The van der Waals surface area contributed by atoms with Gasteiger partial charge in [-0.2, -0.15) is 0 Å². The van der Waals surface area contributed by atoms with Crippen LogP contribution in [0.4, 0.5) is 0 Å². The second-order valence-electron chi connectivity index (χ2n) is 16.9. The third kappa shape index (κ3) is 3.57. The predicted molar refractivity (Wildman–Crippen MR) is 253 cm³/mol. The van der Waals surface area contributed by atoms with Crippen LogP contribution in [0.3, 0.4) is 0 Å². The van der Waals surface area contributed by atoms with Crippen molar-refractivity contribution < 1.29 is 4.79 Å². The summed E-state index contributed by atoms with van der Waals surface area (Å²) in [5, 5.41) is 20.2. The number of hydrogen-bond acceptors (Lipinski definition) is 1. The van der Waals surface area contributed by atoms with E-state index < -0.39 is 0 Å². The maximum Gasteiger partial charge on any atom is 0.194 e. The second-order valence-corrected chi connectivity index (χ2v) is 16.9. The number of carbonyl (C=O) groups is 1. The molecule has 0 aromatic heterocycles. The summed E-state index contributed by atoms with van der Waals surface area (Å²) < 4.78 is 0. The number of fused-ring (bicyclic) bond motifs is 10. The summed E-state index contributed by atoms with van der Waals surface area (Å²) in [5.74, 6) is 0.112. The van der Waals surface area contributed by atoms with Gasteiger partial charge in [0.05, 0.1) is 0 Å². The van der Waals surface area contributed by atoms with Crippen molar-refractivity contribution in [3.05, 3.63) is 193 Å². The highest BCUT2D eigenvalue weighted by Crippen LogP contribution is 2.60. The summed E-state index contributed by atoms with van der Waals surface area (Å²) in [6, 6.07) is 67.0. The van der Waals surface area contributed by atoms with E-state index in [0.717, 1.165) is 27.6 Å². The fourth-order valence-electron chi connectivity index (χ4n) is 12.0. The smallest absolute Gasteiger partial charge is 0.194 e. The van der Waals surface area contributed by atoms with Gasteiger partial charge in [0.15, 0.2) is 5.78 Å². The summed E-state index contributed by atoms with van der Waals surface area (Å²) in [7, 11) is 0. The van der Waals surface area contributed by atoms with Gasteiger partial charge >= 0.3 is 0 Å². The zero-order valence-electron chi connectivity index (χ0n) is 32.2. The molecule has 0 heterocycles. The molecule has 0 radical (unpaired) electrons. The van der Waals surface area contributed by atoms with E-state index in [4.69, 9.17) is 0 Å². The molecule has 272 valence electrons. The Labute approximate surface area is 344 Å². The molecule has 0 fully saturated rings. The molecule has 0 saturated carbocycles. The fraction of sp³-hybridized carbons (Fsp3) is 0. The average molecular weight is 755 g/mol. The first kappa shape index (κ1) is 31.2. The summed E-state index contributed by atoms with van der Waals surface area (Å²) in [4.78, 5) is 14.0. The van der Waals surface area contributed by atoms with Crippen LogP contribution in [0.25, 0.3) is 142 Å². The molecule has 60 heavy (non-hydrogen) atoms. The van der Waals surface area contributed by atoms with E-state index in [1.165, 1.54) is 125 Å². The molecule has 2 aliphatic carbocycles. The summed E-state index contributed by atoms with van der Waals surface area (Å²) >= 11 is 0. The van der Waals surface area contributed by atoms with Crippen molar-refractivity contribution >= 4 is 92.0 Å². The maximum atomic E-state index is 14.0. The summed E-state index contributed by atoms with van der Waals surface area (Å²) in [5.41, 5.74) is 14.1. The zero-order chi connectivity index (χ0) is 39.0. The molecular weight excluding hydrogens is 725 g/mol. The monoisotopic (exact) mass is 754 g/mol. The Morgan fingerprint density at radius 3 is 1.00 bits per heavy atom. The van der Waals surface area contributed by atoms with Crippen LogP contribution in [-0.4, -0.2) is 5.78 Å². The Morgan fingerprint density at radius 1 is 0.200 bits per heavy atom. The minimum atomic E-state index is 0.112. The molecule has 0 saturated heterocycles. The lowest BCUT2D eigenvalue weighted by atomic mass is 9.78. The molecule has 1 nitrogen and oxygen atoms in total. The van der Waals surface area contributed by atoms with Crippen LogP contribution in [0.1, 0.15) is 15.9 Å². The quantitative estimate of drug-likeness (QED) is 0.127.